The number of halogens is 1. The first kappa shape index (κ1) is 12.5. The zero-order chi connectivity index (χ0) is 11.4. The number of aryl methyl sites for hydroxylation is 1. The Kier molecular flexibility index (Phi) is 4.61. The summed E-state index contributed by atoms with van der Waals surface area (Å²) in [5.74, 6) is 0.320. The highest BCUT2D eigenvalue weighted by atomic mass is 79.9. The molecule has 0 fully saturated rings. The lowest BCUT2D eigenvalue weighted by Gasteiger charge is -2.15. The van der Waals surface area contributed by atoms with Crippen molar-refractivity contribution < 1.29 is 5.11 Å². The van der Waals surface area contributed by atoms with Gasteiger partial charge in [-0.05, 0) is 66.1 Å². The van der Waals surface area contributed by atoms with E-state index in [2.05, 4.69) is 34.8 Å². The van der Waals surface area contributed by atoms with Gasteiger partial charge in [0.1, 0.15) is 5.75 Å². The summed E-state index contributed by atoms with van der Waals surface area (Å²) in [4.78, 5) is 2.28. The van der Waals surface area contributed by atoms with Crippen LogP contribution in [0.5, 0.6) is 5.75 Å². The monoisotopic (exact) mass is 271 g/mol. The molecule has 0 heterocycles. The predicted octanol–water partition coefficient (Wildman–Crippen LogP) is 2.96. The third-order valence-electron chi connectivity index (χ3n) is 2.71. The molecule has 3 heteroatoms. The number of benzene rings is 1. The predicted molar refractivity (Wildman–Crippen MR) is 67.4 cm³/mol. The molecule has 0 aliphatic carbocycles. The fourth-order valence-corrected chi connectivity index (χ4v) is 1.84. The van der Waals surface area contributed by atoms with Crippen LogP contribution in [-0.4, -0.2) is 30.1 Å². The fourth-order valence-electron chi connectivity index (χ4n) is 1.45. The summed E-state index contributed by atoms with van der Waals surface area (Å²) in [6.07, 6.45) is 1.02. The molecule has 0 saturated carbocycles. The van der Waals surface area contributed by atoms with E-state index in [-0.39, 0.29) is 0 Å². The topological polar surface area (TPSA) is 23.5 Å². The van der Waals surface area contributed by atoms with Gasteiger partial charge in [0.2, 0.25) is 0 Å². The van der Waals surface area contributed by atoms with E-state index in [1.165, 1.54) is 5.56 Å². The zero-order valence-corrected chi connectivity index (χ0v) is 11.1. The number of rotatable bonds is 4. The van der Waals surface area contributed by atoms with Crippen LogP contribution in [0, 0.1) is 6.92 Å². The van der Waals surface area contributed by atoms with Crippen LogP contribution < -0.4 is 0 Å². The quantitative estimate of drug-likeness (QED) is 0.910. The SMILES string of the molecule is CCN(C)CCc1cc(Br)c(O)cc1C. The first-order chi connectivity index (χ1) is 7.04. The average molecular weight is 272 g/mol. The molecule has 1 rings (SSSR count). The van der Waals surface area contributed by atoms with Gasteiger partial charge in [-0.2, -0.15) is 0 Å². The molecule has 0 bridgehead atoms. The van der Waals surface area contributed by atoms with Gasteiger partial charge in [-0.1, -0.05) is 6.92 Å². The second kappa shape index (κ2) is 5.52. The molecule has 1 aromatic carbocycles. The van der Waals surface area contributed by atoms with E-state index >= 15 is 0 Å². The molecular formula is C12H18BrNO. The molecule has 0 unspecified atom stereocenters. The molecule has 0 aliphatic rings. The summed E-state index contributed by atoms with van der Waals surface area (Å²) in [7, 11) is 2.12. The molecule has 0 spiro atoms. The van der Waals surface area contributed by atoms with E-state index in [1.54, 1.807) is 0 Å². The number of hydrogen-bond acceptors (Lipinski definition) is 2. The molecule has 0 aromatic heterocycles. The van der Waals surface area contributed by atoms with Crippen LogP contribution in [-0.2, 0) is 6.42 Å². The van der Waals surface area contributed by atoms with Crippen molar-refractivity contribution in [1.29, 1.82) is 0 Å². The van der Waals surface area contributed by atoms with E-state index in [0.29, 0.717) is 5.75 Å². The summed E-state index contributed by atoms with van der Waals surface area (Å²) < 4.78 is 0.780. The Morgan fingerprint density at radius 3 is 2.67 bits per heavy atom. The maximum Gasteiger partial charge on any atom is 0.130 e. The van der Waals surface area contributed by atoms with Crippen molar-refractivity contribution in [1.82, 2.24) is 4.90 Å². The minimum absolute atomic E-state index is 0.320. The minimum atomic E-state index is 0.320. The molecule has 0 aliphatic heterocycles. The Labute approximate surface area is 100 Å². The van der Waals surface area contributed by atoms with E-state index in [1.807, 2.05) is 19.1 Å². The van der Waals surface area contributed by atoms with Crippen LogP contribution in [0.1, 0.15) is 18.1 Å². The summed E-state index contributed by atoms with van der Waals surface area (Å²) in [6, 6.07) is 3.82. The van der Waals surface area contributed by atoms with Gasteiger partial charge < -0.3 is 10.0 Å². The number of hydrogen-bond donors (Lipinski definition) is 1. The molecule has 1 N–H and O–H groups in total. The molecule has 0 amide bonds. The number of phenolic OH excluding ortho intramolecular Hbond substituents is 1. The third-order valence-corrected chi connectivity index (χ3v) is 3.34. The molecule has 1 aromatic rings. The lowest BCUT2D eigenvalue weighted by atomic mass is 10.1. The van der Waals surface area contributed by atoms with E-state index in [9.17, 15) is 5.11 Å². The van der Waals surface area contributed by atoms with Crippen molar-refractivity contribution in [2.75, 3.05) is 20.1 Å². The van der Waals surface area contributed by atoms with Crippen LogP contribution >= 0.6 is 15.9 Å². The Morgan fingerprint density at radius 1 is 1.40 bits per heavy atom. The molecule has 2 nitrogen and oxygen atoms in total. The van der Waals surface area contributed by atoms with Gasteiger partial charge in [-0.15, -0.1) is 0 Å². The Balaban J connectivity index is 2.73. The first-order valence-corrected chi connectivity index (χ1v) is 6.00. The second-order valence-corrected chi connectivity index (χ2v) is 4.73. The Morgan fingerprint density at radius 2 is 2.07 bits per heavy atom. The summed E-state index contributed by atoms with van der Waals surface area (Å²) in [5, 5.41) is 9.49. The van der Waals surface area contributed by atoms with Crippen molar-refractivity contribution in [2.45, 2.75) is 20.3 Å². The molecule has 0 radical (unpaired) electrons. The standard InChI is InChI=1S/C12H18BrNO/c1-4-14(3)6-5-10-8-11(13)12(15)7-9(10)2/h7-8,15H,4-6H2,1-3H3. The summed E-state index contributed by atoms with van der Waals surface area (Å²) in [6.45, 7) is 6.31. The number of phenols is 1. The van der Waals surface area contributed by atoms with Gasteiger partial charge in [0.15, 0.2) is 0 Å². The van der Waals surface area contributed by atoms with Crippen LogP contribution in [0.3, 0.4) is 0 Å². The second-order valence-electron chi connectivity index (χ2n) is 3.88. The largest absolute Gasteiger partial charge is 0.507 e. The highest BCUT2D eigenvalue weighted by molar-refractivity contribution is 9.10. The number of nitrogens with zero attached hydrogens (tertiary/aromatic N) is 1. The summed E-state index contributed by atoms with van der Waals surface area (Å²) in [5.41, 5.74) is 2.44. The average Bonchev–Trinajstić information content (AvgIpc) is 2.21. The summed E-state index contributed by atoms with van der Waals surface area (Å²) >= 11 is 3.34. The van der Waals surface area contributed by atoms with Crippen molar-refractivity contribution in [3.63, 3.8) is 0 Å². The Hall–Kier alpha value is -0.540. The smallest absolute Gasteiger partial charge is 0.130 e. The maximum atomic E-state index is 9.49. The number of likely N-dealkylation sites (N-methyl/N-ethyl adjacent to an activating group) is 1. The van der Waals surface area contributed by atoms with Gasteiger partial charge in [0.05, 0.1) is 4.47 Å². The molecular weight excluding hydrogens is 254 g/mol. The van der Waals surface area contributed by atoms with Gasteiger partial charge in [0.25, 0.3) is 0 Å². The Bertz CT molecular complexity index is 339. The normalized spacial score (nSPS) is 11.0. The van der Waals surface area contributed by atoms with Gasteiger partial charge in [-0.3, -0.25) is 0 Å². The van der Waals surface area contributed by atoms with Gasteiger partial charge in [0, 0.05) is 6.54 Å². The van der Waals surface area contributed by atoms with Gasteiger partial charge in [-0.25, -0.2) is 0 Å². The van der Waals surface area contributed by atoms with Crippen molar-refractivity contribution in [3.8, 4) is 5.75 Å². The van der Waals surface area contributed by atoms with Crippen molar-refractivity contribution in [2.24, 2.45) is 0 Å². The number of aromatic hydroxyl groups is 1. The highest BCUT2D eigenvalue weighted by Gasteiger charge is 2.05. The van der Waals surface area contributed by atoms with Crippen molar-refractivity contribution >= 4 is 15.9 Å². The molecule has 0 saturated heterocycles. The van der Waals surface area contributed by atoms with Crippen LogP contribution in [0.25, 0.3) is 0 Å². The fraction of sp³-hybridized carbons (Fsp3) is 0.500. The van der Waals surface area contributed by atoms with Crippen LogP contribution in [0.4, 0.5) is 0 Å². The first-order valence-electron chi connectivity index (χ1n) is 5.21. The third kappa shape index (κ3) is 3.50. The van der Waals surface area contributed by atoms with Crippen LogP contribution in [0.15, 0.2) is 16.6 Å². The van der Waals surface area contributed by atoms with Crippen molar-refractivity contribution in [3.05, 3.63) is 27.7 Å². The molecule has 15 heavy (non-hydrogen) atoms. The van der Waals surface area contributed by atoms with Crippen LogP contribution in [0.2, 0.25) is 0 Å². The lowest BCUT2D eigenvalue weighted by molar-refractivity contribution is 0.357. The minimum Gasteiger partial charge on any atom is -0.507 e. The van der Waals surface area contributed by atoms with E-state index < -0.39 is 0 Å². The van der Waals surface area contributed by atoms with Gasteiger partial charge >= 0.3 is 0 Å². The highest BCUT2D eigenvalue weighted by Crippen LogP contribution is 2.27. The zero-order valence-electron chi connectivity index (χ0n) is 9.55. The molecule has 0 atom stereocenters. The van der Waals surface area contributed by atoms with E-state index in [4.69, 9.17) is 0 Å². The lowest BCUT2D eigenvalue weighted by Crippen LogP contribution is -2.20. The molecule has 84 valence electrons. The maximum absolute atomic E-state index is 9.49. The van der Waals surface area contributed by atoms with E-state index in [0.717, 1.165) is 29.5 Å².